The van der Waals surface area contributed by atoms with Crippen molar-refractivity contribution >= 4 is 52.0 Å². The average Bonchev–Trinajstić information content (AvgIpc) is 3.41. The lowest BCUT2D eigenvalue weighted by Crippen LogP contribution is -2.52. The Morgan fingerprint density at radius 2 is 1.79 bits per heavy atom. The van der Waals surface area contributed by atoms with Crippen LogP contribution in [0.3, 0.4) is 0 Å². The second kappa shape index (κ2) is 9.87. The normalized spacial score (nSPS) is 19.1. The Bertz CT molecular complexity index is 1100. The van der Waals surface area contributed by atoms with Crippen molar-refractivity contribution in [1.29, 1.82) is 0 Å². The molecule has 1 atom stereocenters. The van der Waals surface area contributed by atoms with Crippen LogP contribution in [0, 0.1) is 5.92 Å². The van der Waals surface area contributed by atoms with Gasteiger partial charge in [-0.2, -0.15) is 0 Å². The maximum Gasteiger partial charge on any atom is 0.227 e. The molecule has 6 nitrogen and oxygen atoms in total. The Morgan fingerprint density at radius 3 is 2.52 bits per heavy atom. The van der Waals surface area contributed by atoms with Gasteiger partial charge in [0.25, 0.3) is 0 Å². The molecule has 172 valence electrons. The summed E-state index contributed by atoms with van der Waals surface area (Å²) in [5, 5.41) is 12.0. The van der Waals surface area contributed by atoms with Crippen molar-refractivity contribution in [2.75, 3.05) is 49.1 Å². The van der Waals surface area contributed by atoms with E-state index in [1.807, 2.05) is 46.7 Å². The quantitative estimate of drug-likeness (QED) is 0.498. The molecule has 5 rings (SSSR count). The number of anilines is 2. The molecule has 2 aliphatic rings. The van der Waals surface area contributed by atoms with Gasteiger partial charge in [0.05, 0.1) is 26.5 Å². The van der Waals surface area contributed by atoms with E-state index in [9.17, 15) is 4.79 Å². The number of hydrogen-bond acceptors (Lipinski definition) is 6. The van der Waals surface area contributed by atoms with Gasteiger partial charge in [0.15, 0.2) is 5.82 Å². The summed E-state index contributed by atoms with van der Waals surface area (Å²) in [5.74, 6) is 1.06. The lowest BCUT2D eigenvalue weighted by molar-refractivity contribution is -0.136. The highest BCUT2D eigenvalue weighted by Gasteiger charge is 2.32. The predicted molar refractivity (Wildman–Crippen MR) is 136 cm³/mol. The Morgan fingerprint density at radius 1 is 0.939 bits per heavy atom. The van der Waals surface area contributed by atoms with Crippen molar-refractivity contribution in [2.45, 2.75) is 12.8 Å². The van der Waals surface area contributed by atoms with E-state index in [2.05, 4.69) is 20.0 Å². The second-order valence-electron chi connectivity index (χ2n) is 8.42. The summed E-state index contributed by atoms with van der Waals surface area (Å²) in [7, 11) is 0. The van der Waals surface area contributed by atoms with Crippen molar-refractivity contribution in [2.24, 2.45) is 5.92 Å². The highest BCUT2D eigenvalue weighted by Crippen LogP contribution is 2.33. The molecule has 0 aliphatic carbocycles. The van der Waals surface area contributed by atoms with Crippen LogP contribution in [0.5, 0.6) is 0 Å². The number of carbonyl (C=O) groups is 1. The molecule has 1 amide bonds. The number of piperidine rings is 1. The van der Waals surface area contributed by atoms with Crippen LogP contribution >= 0.6 is 34.5 Å². The molecule has 2 aliphatic heterocycles. The van der Waals surface area contributed by atoms with Crippen molar-refractivity contribution in [1.82, 2.24) is 15.1 Å². The Balaban J connectivity index is 1.19. The minimum atomic E-state index is -0.0150. The molecular formula is C24H25Cl2N5OS. The van der Waals surface area contributed by atoms with Crippen LogP contribution in [0.2, 0.25) is 10.0 Å². The van der Waals surface area contributed by atoms with Crippen molar-refractivity contribution in [3.05, 3.63) is 57.9 Å². The third-order valence-electron chi connectivity index (χ3n) is 6.38. The topological polar surface area (TPSA) is 52.6 Å². The predicted octanol–water partition coefficient (Wildman–Crippen LogP) is 5.08. The Hall–Kier alpha value is -2.35. The van der Waals surface area contributed by atoms with Crippen LogP contribution < -0.4 is 9.80 Å². The van der Waals surface area contributed by atoms with Crippen LogP contribution in [-0.2, 0) is 4.79 Å². The van der Waals surface area contributed by atoms with Gasteiger partial charge in [-0.1, -0.05) is 35.3 Å². The molecule has 0 spiro atoms. The van der Waals surface area contributed by atoms with Gasteiger partial charge in [-0.25, -0.2) is 0 Å². The van der Waals surface area contributed by atoms with Crippen LogP contribution in [-0.4, -0.2) is 60.3 Å². The summed E-state index contributed by atoms with van der Waals surface area (Å²) < 4.78 is 0. The van der Waals surface area contributed by atoms with E-state index in [1.54, 1.807) is 17.4 Å². The smallest absolute Gasteiger partial charge is 0.227 e. The fourth-order valence-electron chi connectivity index (χ4n) is 4.60. The number of benzene rings is 1. The van der Waals surface area contributed by atoms with Gasteiger partial charge in [0, 0.05) is 39.3 Å². The molecule has 0 saturated carbocycles. The molecule has 1 unspecified atom stereocenters. The van der Waals surface area contributed by atoms with Crippen LogP contribution in [0.4, 0.5) is 11.5 Å². The second-order valence-corrected chi connectivity index (χ2v) is 10.2. The van der Waals surface area contributed by atoms with Crippen LogP contribution in [0.15, 0.2) is 47.8 Å². The number of amides is 1. The summed E-state index contributed by atoms with van der Waals surface area (Å²) in [6.45, 7) is 4.46. The minimum absolute atomic E-state index is 0.0150. The summed E-state index contributed by atoms with van der Waals surface area (Å²) in [5.41, 5.74) is 1.82. The van der Waals surface area contributed by atoms with Gasteiger partial charge >= 0.3 is 0 Å². The third-order valence-corrected chi connectivity index (χ3v) is 8.08. The van der Waals surface area contributed by atoms with E-state index in [1.165, 1.54) is 0 Å². The summed E-state index contributed by atoms with van der Waals surface area (Å²) in [4.78, 5) is 20.8. The van der Waals surface area contributed by atoms with Gasteiger partial charge in [0.1, 0.15) is 5.69 Å². The van der Waals surface area contributed by atoms with Gasteiger partial charge in [-0.15, -0.1) is 21.5 Å². The number of piperazine rings is 1. The zero-order valence-corrected chi connectivity index (χ0v) is 20.5. The number of rotatable bonds is 4. The first-order chi connectivity index (χ1) is 16.1. The molecule has 2 fully saturated rings. The average molecular weight is 502 g/mol. The SMILES string of the molecule is O=C(C1CCCN(c2ccc(-c3cccs3)nn2)C1)N1CCN(c2cccc(Cl)c2Cl)CC1. The first-order valence-electron chi connectivity index (χ1n) is 11.2. The summed E-state index contributed by atoms with van der Waals surface area (Å²) in [6, 6.07) is 13.8. The molecular weight excluding hydrogens is 477 g/mol. The highest BCUT2D eigenvalue weighted by molar-refractivity contribution is 7.13. The van der Waals surface area contributed by atoms with E-state index < -0.39 is 0 Å². The zero-order chi connectivity index (χ0) is 22.8. The Labute approximate surface area is 207 Å². The molecule has 3 aromatic rings. The fourth-order valence-corrected chi connectivity index (χ4v) is 5.70. The van der Waals surface area contributed by atoms with E-state index in [4.69, 9.17) is 23.2 Å². The van der Waals surface area contributed by atoms with Crippen molar-refractivity contribution in [3.8, 4) is 10.6 Å². The van der Waals surface area contributed by atoms with E-state index in [0.717, 1.165) is 54.6 Å². The lowest BCUT2D eigenvalue weighted by Gasteiger charge is -2.40. The first kappa shape index (κ1) is 22.4. The molecule has 33 heavy (non-hydrogen) atoms. The fraction of sp³-hybridized carbons (Fsp3) is 0.375. The number of thiophene rings is 1. The molecule has 4 heterocycles. The monoisotopic (exact) mass is 501 g/mol. The van der Waals surface area contributed by atoms with Gasteiger partial charge in [-0.05, 0) is 48.6 Å². The maximum atomic E-state index is 13.3. The molecule has 1 aromatic carbocycles. The van der Waals surface area contributed by atoms with Crippen molar-refractivity contribution in [3.63, 3.8) is 0 Å². The van der Waals surface area contributed by atoms with E-state index in [0.29, 0.717) is 29.7 Å². The number of carbonyl (C=O) groups excluding carboxylic acids is 1. The van der Waals surface area contributed by atoms with Gasteiger partial charge in [-0.3, -0.25) is 4.79 Å². The summed E-state index contributed by atoms with van der Waals surface area (Å²) >= 11 is 14.2. The molecule has 9 heteroatoms. The number of halogens is 2. The maximum absolute atomic E-state index is 13.3. The largest absolute Gasteiger partial charge is 0.367 e. The van der Waals surface area contributed by atoms with Crippen LogP contribution in [0.25, 0.3) is 10.6 Å². The lowest BCUT2D eigenvalue weighted by atomic mass is 9.96. The van der Waals surface area contributed by atoms with E-state index >= 15 is 0 Å². The Kier molecular flexibility index (Phi) is 6.71. The molecule has 0 bridgehead atoms. The first-order valence-corrected chi connectivity index (χ1v) is 12.8. The molecule has 2 saturated heterocycles. The number of nitrogens with zero attached hydrogens (tertiary/aromatic N) is 5. The minimum Gasteiger partial charge on any atom is -0.367 e. The number of hydrogen-bond donors (Lipinski definition) is 0. The molecule has 0 radical (unpaired) electrons. The standard InChI is InChI=1S/C24H25Cl2N5OS/c25-18-5-1-6-20(23(18)26)29-11-13-30(14-12-29)24(32)17-4-2-10-31(16-17)22-9-8-19(27-28-22)21-7-3-15-33-21/h1,3,5-9,15,17H,2,4,10-14,16H2. The third kappa shape index (κ3) is 4.81. The van der Waals surface area contributed by atoms with Gasteiger partial charge in [0.2, 0.25) is 5.91 Å². The van der Waals surface area contributed by atoms with Gasteiger partial charge < -0.3 is 14.7 Å². The number of aromatic nitrogens is 2. The van der Waals surface area contributed by atoms with Crippen LogP contribution in [0.1, 0.15) is 12.8 Å². The highest BCUT2D eigenvalue weighted by atomic mass is 35.5. The molecule has 2 aromatic heterocycles. The molecule has 0 N–H and O–H groups in total. The zero-order valence-electron chi connectivity index (χ0n) is 18.2. The van der Waals surface area contributed by atoms with E-state index in [-0.39, 0.29) is 11.8 Å². The van der Waals surface area contributed by atoms with Crippen molar-refractivity contribution < 1.29 is 4.79 Å². The summed E-state index contributed by atoms with van der Waals surface area (Å²) in [6.07, 6.45) is 1.89.